The maximum atomic E-state index is 11.8. The summed E-state index contributed by atoms with van der Waals surface area (Å²) in [5.74, 6) is -0.882. The maximum absolute atomic E-state index is 11.8. The van der Waals surface area contributed by atoms with Crippen molar-refractivity contribution in [2.75, 3.05) is 11.1 Å². The summed E-state index contributed by atoms with van der Waals surface area (Å²) >= 11 is 1.16. The molecule has 2 N–H and O–H groups in total. The molecule has 1 amide bonds. The van der Waals surface area contributed by atoms with Crippen LogP contribution in [-0.2, 0) is 9.59 Å². The molecule has 104 valence electrons. The number of benzene rings is 1. The van der Waals surface area contributed by atoms with Gasteiger partial charge in [0.05, 0.1) is 5.75 Å². The molecule has 0 aliphatic rings. The molecule has 1 aromatic carbocycles. The number of anilines is 1. The minimum Gasteiger partial charge on any atom is -0.480 e. The molecule has 0 aliphatic carbocycles. The van der Waals surface area contributed by atoms with E-state index < -0.39 is 11.2 Å². The molecule has 0 aromatic heterocycles. The number of carbonyl (C=O) groups excluding carboxylic acids is 1. The van der Waals surface area contributed by atoms with Crippen LogP contribution < -0.4 is 5.32 Å². The van der Waals surface area contributed by atoms with Crippen LogP contribution in [0.15, 0.2) is 18.2 Å². The van der Waals surface area contributed by atoms with Crippen molar-refractivity contribution in [1.82, 2.24) is 0 Å². The van der Waals surface area contributed by atoms with Crippen molar-refractivity contribution in [3.8, 4) is 0 Å². The number of thioether (sulfide) groups is 1. The highest BCUT2D eigenvalue weighted by Gasteiger charge is 2.17. The summed E-state index contributed by atoms with van der Waals surface area (Å²) in [7, 11) is 0. The normalized spacial score (nSPS) is 11.9. The van der Waals surface area contributed by atoms with Gasteiger partial charge in [-0.25, -0.2) is 0 Å². The van der Waals surface area contributed by atoms with Gasteiger partial charge in [0.25, 0.3) is 0 Å². The Morgan fingerprint density at radius 1 is 1.32 bits per heavy atom. The van der Waals surface area contributed by atoms with Crippen LogP contribution >= 0.6 is 11.8 Å². The Kier molecular flexibility index (Phi) is 5.89. The van der Waals surface area contributed by atoms with E-state index in [1.807, 2.05) is 32.0 Å². The quantitative estimate of drug-likeness (QED) is 0.841. The van der Waals surface area contributed by atoms with E-state index in [1.165, 1.54) is 0 Å². The van der Waals surface area contributed by atoms with Crippen LogP contribution in [0.25, 0.3) is 0 Å². The molecular weight excluding hydrogens is 262 g/mol. The second-order valence-corrected chi connectivity index (χ2v) is 5.55. The number of carbonyl (C=O) groups is 2. The Bertz CT molecular complexity index is 454. The highest BCUT2D eigenvalue weighted by atomic mass is 32.2. The number of hydrogen-bond donors (Lipinski definition) is 2. The Morgan fingerprint density at radius 2 is 1.89 bits per heavy atom. The fraction of sp³-hybridized carbons (Fsp3) is 0.429. The average Bonchev–Trinajstić information content (AvgIpc) is 2.34. The summed E-state index contributed by atoms with van der Waals surface area (Å²) in [5.41, 5.74) is 2.82. The van der Waals surface area contributed by atoms with Crippen LogP contribution in [0.1, 0.15) is 24.5 Å². The van der Waals surface area contributed by atoms with Gasteiger partial charge in [-0.15, -0.1) is 11.8 Å². The standard InChI is InChI=1S/C14H19NO3S/c1-4-11(14(17)18)19-8-12(16)15-13-9(2)6-5-7-10(13)3/h5-7,11H,4,8H2,1-3H3,(H,15,16)(H,17,18). The van der Waals surface area contributed by atoms with Crippen LogP contribution in [0.3, 0.4) is 0 Å². The van der Waals surface area contributed by atoms with Gasteiger partial charge >= 0.3 is 5.97 Å². The lowest BCUT2D eigenvalue weighted by Gasteiger charge is -2.12. The number of para-hydroxylation sites is 1. The minimum atomic E-state index is -0.868. The first kappa shape index (κ1) is 15.6. The molecule has 0 saturated carbocycles. The van der Waals surface area contributed by atoms with Crippen molar-refractivity contribution >= 4 is 29.3 Å². The SMILES string of the molecule is CCC(SCC(=O)Nc1c(C)cccc1C)C(=O)O. The summed E-state index contributed by atoms with van der Waals surface area (Å²) in [5, 5.41) is 11.2. The van der Waals surface area contributed by atoms with Gasteiger partial charge in [0.2, 0.25) is 5.91 Å². The van der Waals surface area contributed by atoms with E-state index in [-0.39, 0.29) is 11.7 Å². The lowest BCUT2D eigenvalue weighted by atomic mass is 10.1. The van der Waals surface area contributed by atoms with Crippen LogP contribution in [0.2, 0.25) is 0 Å². The molecule has 1 rings (SSSR count). The molecule has 0 fully saturated rings. The molecule has 1 aromatic rings. The molecular formula is C14H19NO3S. The number of carboxylic acids is 1. The van der Waals surface area contributed by atoms with Crippen LogP contribution in [0.4, 0.5) is 5.69 Å². The van der Waals surface area contributed by atoms with E-state index >= 15 is 0 Å². The second-order valence-electron chi connectivity index (χ2n) is 4.36. The molecule has 19 heavy (non-hydrogen) atoms. The topological polar surface area (TPSA) is 66.4 Å². The van der Waals surface area contributed by atoms with Crippen molar-refractivity contribution in [3.63, 3.8) is 0 Å². The van der Waals surface area contributed by atoms with Gasteiger partial charge in [-0.1, -0.05) is 25.1 Å². The first-order valence-corrected chi connectivity index (χ1v) is 7.21. The molecule has 1 unspecified atom stereocenters. The van der Waals surface area contributed by atoms with Crippen molar-refractivity contribution in [1.29, 1.82) is 0 Å². The van der Waals surface area contributed by atoms with Gasteiger partial charge in [0, 0.05) is 5.69 Å². The molecule has 1 atom stereocenters. The third kappa shape index (κ3) is 4.59. The lowest BCUT2D eigenvalue weighted by Crippen LogP contribution is -2.21. The van der Waals surface area contributed by atoms with E-state index in [0.29, 0.717) is 6.42 Å². The Hall–Kier alpha value is -1.49. The number of rotatable bonds is 6. The van der Waals surface area contributed by atoms with Gasteiger partial charge in [0.15, 0.2) is 0 Å². The molecule has 5 heteroatoms. The summed E-state index contributed by atoms with van der Waals surface area (Å²) in [6.07, 6.45) is 0.511. The van der Waals surface area contributed by atoms with Gasteiger partial charge in [-0.05, 0) is 31.4 Å². The molecule has 0 spiro atoms. The highest BCUT2D eigenvalue weighted by molar-refractivity contribution is 8.01. The largest absolute Gasteiger partial charge is 0.480 e. The van der Waals surface area contributed by atoms with Gasteiger partial charge in [0.1, 0.15) is 5.25 Å². The number of amides is 1. The summed E-state index contributed by atoms with van der Waals surface area (Å²) in [4.78, 5) is 22.7. The van der Waals surface area contributed by atoms with E-state index in [2.05, 4.69) is 5.32 Å². The van der Waals surface area contributed by atoms with Crippen LogP contribution in [-0.4, -0.2) is 28.0 Å². The third-order valence-electron chi connectivity index (χ3n) is 2.81. The van der Waals surface area contributed by atoms with E-state index in [0.717, 1.165) is 28.6 Å². The highest BCUT2D eigenvalue weighted by Crippen LogP contribution is 2.20. The minimum absolute atomic E-state index is 0.151. The zero-order valence-corrected chi connectivity index (χ0v) is 12.2. The third-order valence-corrected chi connectivity index (χ3v) is 4.17. The maximum Gasteiger partial charge on any atom is 0.316 e. The number of hydrogen-bond acceptors (Lipinski definition) is 3. The fourth-order valence-corrected chi connectivity index (χ4v) is 2.53. The van der Waals surface area contributed by atoms with E-state index in [4.69, 9.17) is 5.11 Å². The smallest absolute Gasteiger partial charge is 0.316 e. The van der Waals surface area contributed by atoms with Gasteiger partial charge in [-0.2, -0.15) is 0 Å². The van der Waals surface area contributed by atoms with Crippen molar-refractivity contribution in [2.24, 2.45) is 0 Å². The average molecular weight is 281 g/mol. The van der Waals surface area contributed by atoms with Gasteiger partial charge in [-0.3, -0.25) is 9.59 Å². The van der Waals surface area contributed by atoms with Crippen molar-refractivity contribution < 1.29 is 14.7 Å². The zero-order valence-electron chi connectivity index (χ0n) is 11.4. The number of aliphatic carboxylic acids is 1. The summed E-state index contributed by atoms with van der Waals surface area (Å²) < 4.78 is 0. The van der Waals surface area contributed by atoms with E-state index in [9.17, 15) is 9.59 Å². The predicted octanol–water partition coefficient (Wildman–Crippen LogP) is 2.84. The lowest BCUT2D eigenvalue weighted by molar-refractivity contribution is -0.136. The second kappa shape index (κ2) is 7.19. The number of carboxylic acid groups (broad SMARTS) is 1. The first-order valence-electron chi connectivity index (χ1n) is 6.16. The van der Waals surface area contributed by atoms with Crippen LogP contribution in [0.5, 0.6) is 0 Å². The molecule has 0 aliphatic heterocycles. The summed E-state index contributed by atoms with van der Waals surface area (Å²) in [6.45, 7) is 5.67. The van der Waals surface area contributed by atoms with E-state index in [1.54, 1.807) is 6.92 Å². The molecule has 0 heterocycles. The van der Waals surface area contributed by atoms with Crippen molar-refractivity contribution in [2.45, 2.75) is 32.4 Å². The predicted molar refractivity (Wildman–Crippen MR) is 78.7 cm³/mol. The molecule has 0 bridgehead atoms. The molecule has 0 saturated heterocycles. The van der Waals surface area contributed by atoms with Crippen LogP contribution in [0, 0.1) is 13.8 Å². The number of nitrogens with one attached hydrogen (secondary N) is 1. The Morgan fingerprint density at radius 3 is 2.37 bits per heavy atom. The molecule has 0 radical (unpaired) electrons. The Balaban J connectivity index is 2.59. The fourth-order valence-electron chi connectivity index (χ4n) is 1.73. The van der Waals surface area contributed by atoms with Crippen molar-refractivity contribution in [3.05, 3.63) is 29.3 Å². The van der Waals surface area contributed by atoms with Gasteiger partial charge < -0.3 is 10.4 Å². The molecule has 4 nitrogen and oxygen atoms in total. The Labute approximate surface area is 117 Å². The monoisotopic (exact) mass is 281 g/mol. The summed E-state index contributed by atoms with van der Waals surface area (Å²) in [6, 6.07) is 5.80. The number of aryl methyl sites for hydroxylation is 2. The first-order chi connectivity index (χ1) is 8.95. The zero-order chi connectivity index (χ0) is 14.4.